The summed E-state index contributed by atoms with van der Waals surface area (Å²) in [7, 11) is 0. The molecule has 0 aliphatic rings. The van der Waals surface area contributed by atoms with E-state index in [1.807, 2.05) is 13.8 Å². The van der Waals surface area contributed by atoms with Crippen molar-refractivity contribution in [2.75, 3.05) is 52.9 Å². The molecule has 20 heteroatoms. The van der Waals surface area contributed by atoms with Crippen LogP contribution < -0.4 is 20.9 Å². The Kier molecular flexibility index (Phi) is 19.8. The molecule has 0 spiro atoms. The Balaban J connectivity index is 0.000000316. The molecule has 2 aromatic heterocycles. The Labute approximate surface area is 348 Å². The lowest BCUT2D eigenvalue weighted by Crippen LogP contribution is -2.36. The van der Waals surface area contributed by atoms with Gasteiger partial charge in [-0.2, -0.15) is 26.3 Å². The number of aromatic nitrogens is 4. The third kappa shape index (κ3) is 15.8. The highest BCUT2D eigenvalue weighted by Gasteiger charge is 2.37. The van der Waals surface area contributed by atoms with Crippen molar-refractivity contribution in [1.29, 1.82) is 0 Å². The van der Waals surface area contributed by atoms with Gasteiger partial charge < -0.3 is 40.6 Å². The van der Waals surface area contributed by atoms with Crippen LogP contribution in [-0.2, 0) is 32.9 Å². The predicted octanol–water partition coefficient (Wildman–Crippen LogP) is 8.34. The zero-order valence-corrected chi connectivity index (χ0v) is 35.3. The van der Waals surface area contributed by atoms with Crippen LogP contribution in [0.15, 0.2) is 36.4 Å². The molecule has 0 saturated carbocycles. The van der Waals surface area contributed by atoms with E-state index in [0.717, 1.165) is 73.5 Å². The Morgan fingerprint density at radius 1 is 0.576 bits per heavy atom. The van der Waals surface area contributed by atoms with Crippen LogP contribution in [0, 0.1) is 0 Å². The highest BCUT2D eigenvalue weighted by Crippen LogP contribution is 2.41. The van der Waals surface area contributed by atoms with Gasteiger partial charge in [-0.05, 0) is 102 Å². The molecule has 0 bridgehead atoms. The van der Waals surface area contributed by atoms with Crippen molar-refractivity contribution in [3.05, 3.63) is 57.5 Å². The fourth-order valence-corrected chi connectivity index (χ4v) is 6.80. The summed E-state index contributed by atoms with van der Waals surface area (Å²) < 4.78 is 103. The summed E-state index contributed by atoms with van der Waals surface area (Å²) in [5.41, 5.74) is 8.42. The summed E-state index contributed by atoms with van der Waals surface area (Å²) in [5, 5.41) is 35.6. The molecule has 0 amide bonds. The quantitative estimate of drug-likeness (QED) is 0.0414. The van der Waals surface area contributed by atoms with Gasteiger partial charge in [0.15, 0.2) is 0 Å². The molecule has 4 rings (SSSR count). The zero-order chi connectivity index (χ0) is 43.7. The highest BCUT2D eigenvalue weighted by atomic mass is 32.1. The third-order valence-electron chi connectivity index (χ3n) is 8.48. The number of aliphatic hydroxyl groups excluding tert-OH is 2. The molecule has 2 atom stereocenters. The van der Waals surface area contributed by atoms with Gasteiger partial charge in [0.05, 0.1) is 48.6 Å². The molecule has 2 heterocycles. The molecular formula is C39H54F6N6O6S2. The van der Waals surface area contributed by atoms with Gasteiger partial charge in [0.1, 0.15) is 31.5 Å². The number of nitrogens with zero attached hydrogens (tertiary/aromatic N) is 4. The summed E-state index contributed by atoms with van der Waals surface area (Å²) in [6, 6.07) is 7.63. The molecule has 2 aromatic carbocycles. The number of rotatable bonds is 23. The van der Waals surface area contributed by atoms with Crippen LogP contribution in [0.2, 0.25) is 0 Å². The van der Waals surface area contributed by atoms with E-state index in [-0.39, 0.29) is 54.1 Å². The summed E-state index contributed by atoms with van der Waals surface area (Å²) in [6.07, 6.45) is -3.56. The molecule has 330 valence electrons. The second-order valence-corrected chi connectivity index (χ2v) is 16.0. The van der Waals surface area contributed by atoms with Crippen LogP contribution in [-0.4, -0.2) is 83.5 Å². The number of alkyl halides is 6. The predicted molar refractivity (Wildman–Crippen MR) is 214 cm³/mol. The molecule has 0 radical (unpaired) electrons. The second kappa shape index (κ2) is 23.5. The Hall–Kier alpha value is -3.50. The maximum Gasteiger partial charge on any atom is 0.419 e. The number of benzene rings is 2. The first-order valence-electron chi connectivity index (χ1n) is 19.2. The molecule has 0 saturated heterocycles. The van der Waals surface area contributed by atoms with Gasteiger partial charge in [0.25, 0.3) is 0 Å². The normalized spacial score (nSPS) is 14.0. The van der Waals surface area contributed by atoms with Gasteiger partial charge in [0, 0.05) is 37.6 Å². The minimum absolute atomic E-state index is 0.194. The van der Waals surface area contributed by atoms with E-state index >= 15 is 0 Å². The first-order chi connectivity index (χ1) is 27.9. The first kappa shape index (κ1) is 49.9. The van der Waals surface area contributed by atoms with Crippen LogP contribution in [0.3, 0.4) is 0 Å². The maximum absolute atomic E-state index is 13.6. The number of nitrogens with two attached hydrogens (primary N) is 2. The van der Waals surface area contributed by atoms with Crippen LogP contribution >= 0.6 is 22.7 Å². The van der Waals surface area contributed by atoms with Gasteiger partial charge in [-0.1, -0.05) is 29.6 Å². The lowest BCUT2D eigenvalue weighted by molar-refractivity contribution is -0.139. The molecule has 0 aliphatic heterocycles. The number of aliphatic hydroxyl groups is 2. The minimum atomic E-state index is -4.57. The van der Waals surface area contributed by atoms with Crippen molar-refractivity contribution >= 4 is 22.7 Å². The molecule has 0 aliphatic carbocycles. The summed E-state index contributed by atoms with van der Waals surface area (Å²) >= 11 is 2.09. The van der Waals surface area contributed by atoms with E-state index in [0.29, 0.717) is 47.7 Å². The fraction of sp³-hybridized carbons (Fsp3) is 0.590. The molecule has 12 nitrogen and oxygen atoms in total. The Bertz CT molecular complexity index is 1840. The van der Waals surface area contributed by atoms with E-state index in [1.54, 1.807) is 13.8 Å². The lowest BCUT2D eigenvalue weighted by Gasteiger charge is -2.17. The zero-order valence-electron chi connectivity index (χ0n) is 33.6. The first-order valence-corrected chi connectivity index (χ1v) is 20.8. The number of hydrogen-bond donors (Lipinski definition) is 4. The highest BCUT2D eigenvalue weighted by molar-refractivity contribution is 7.15. The lowest BCUT2D eigenvalue weighted by atomic mass is 10.1. The number of halogens is 6. The maximum atomic E-state index is 13.6. The largest absolute Gasteiger partial charge is 0.493 e. The number of ether oxygens (including phenoxy) is 4. The smallest absolute Gasteiger partial charge is 0.419 e. The Morgan fingerprint density at radius 2 is 0.983 bits per heavy atom. The molecule has 59 heavy (non-hydrogen) atoms. The fourth-order valence-electron chi connectivity index (χ4n) is 5.02. The van der Waals surface area contributed by atoms with Crippen LogP contribution in [0.4, 0.5) is 26.3 Å². The monoisotopic (exact) mass is 880 g/mol. The topological polar surface area (TPSA) is 181 Å². The summed E-state index contributed by atoms with van der Waals surface area (Å²) in [4.78, 5) is 0. The summed E-state index contributed by atoms with van der Waals surface area (Å²) in [6.45, 7) is 9.44. The van der Waals surface area contributed by atoms with Gasteiger partial charge in [-0.25, -0.2) is 0 Å². The van der Waals surface area contributed by atoms with E-state index in [1.165, 1.54) is 24.3 Å². The van der Waals surface area contributed by atoms with Gasteiger partial charge in [-0.15, -0.1) is 20.4 Å². The van der Waals surface area contributed by atoms with Gasteiger partial charge in [-0.3, -0.25) is 0 Å². The van der Waals surface area contributed by atoms with E-state index in [2.05, 4.69) is 20.4 Å². The van der Waals surface area contributed by atoms with E-state index in [4.69, 9.17) is 30.4 Å². The van der Waals surface area contributed by atoms with Crippen molar-refractivity contribution in [3.63, 3.8) is 0 Å². The molecule has 0 unspecified atom stereocenters. The number of unbranched alkanes of at least 4 members (excludes halogenated alkanes) is 4. The van der Waals surface area contributed by atoms with Crippen molar-refractivity contribution in [3.8, 4) is 32.6 Å². The van der Waals surface area contributed by atoms with Gasteiger partial charge in [0.2, 0.25) is 0 Å². The summed E-state index contributed by atoms with van der Waals surface area (Å²) in [5.74, 6) is -0.424. The van der Waals surface area contributed by atoms with Crippen LogP contribution in [0.25, 0.3) is 21.1 Å². The molecule has 4 aromatic rings. The SMILES string of the molecule is CCCOCCCCCOc1ccc(-c2nnc([C@@](C)(N)CO)s2)cc1C(F)(F)F.CCOCCCCCOc1ccc(-c2nnc([C@@](C)(N)CO)s2)cc1C(F)(F)F. The average molecular weight is 881 g/mol. The van der Waals surface area contributed by atoms with Crippen LogP contribution in [0.5, 0.6) is 11.5 Å². The van der Waals surface area contributed by atoms with E-state index < -0.39 is 34.6 Å². The van der Waals surface area contributed by atoms with Crippen molar-refractivity contribution in [1.82, 2.24) is 20.4 Å². The third-order valence-corrected chi connectivity index (χ3v) is 11.0. The molecular weight excluding hydrogens is 827 g/mol. The van der Waals surface area contributed by atoms with Crippen LogP contribution in [0.1, 0.15) is 93.8 Å². The average Bonchev–Trinajstić information content (AvgIpc) is 3.91. The van der Waals surface area contributed by atoms with Gasteiger partial charge >= 0.3 is 12.4 Å². The number of hydrogen-bond acceptors (Lipinski definition) is 14. The minimum Gasteiger partial charge on any atom is -0.493 e. The van der Waals surface area contributed by atoms with E-state index in [9.17, 15) is 36.6 Å². The van der Waals surface area contributed by atoms with Crippen molar-refractivity contribution in [2.24, 2.45) is 11.5 Å². The Morgan fingerprint density at radius 3 is 1.36 bits per heavy atom. The molecule has 0 fully saturated rings. The second-order valence-electron chi connectivity index (χ2n) is 14.0. The van der Waals surface area contributed by atoms with Crippen molar-refractivity contribution < 1.29 is 55.5 Å². The molecule has 6 N–H and O–H groups in total. The van der Waals surface area contributed by atoms with Crippen molar-refractivity contribution in [2.45, 2.75) is 96.1 Å². The standard InChI is InChI=1S/C20H28F3N3O3S.C19H26F3N3O3S/c1-3-9-28-10-5-4-6-11-29-16-8-7-14(12-15(16)20(21,22)23)17-25-26-18(30-17)19(2,24)13-27;1-3-27-9-5-4-6-10-28-15-8-7-13(11-14(15)19(20,21)22)16-24-25-17(29-16)18(2,23)12-26/h7-8,12,27H,3-6,9-11,13,24H2,1-2H3;7-8,11,26H,3-6,9-10,12,23H2,1-2H3/t19-;18-/m00/s1.